The number of pyridine rings is 1. The minimum Gasteiger partial charge on any atom is -0.396 e. The lowest BCUT2D eigenvalue weighted by Gasteiger charge is -2.43. The average Bonchev–Trinajstić information content (AvgIpc) is 2.78. The van der Waals surface area contributed by atoms with E-state index in [9.17, 15) is 23.8 Å². The zero-order valence-corrected chi connectivity index (χ0v) is 18.7. The fourth-order valence-electron chi connectivity index (χ4n) is 4.30. The summed E-state index contributed by atoms with van der Waals surface area (Å²) in [4.78, 5) is 25.0. The van der Waals surface area contributed by atoms with Crippen molar-refractivity contribution < 1.29 is 23.8 Å². The van der Waals surface area contributed by atoms with Crippen LogP contribution in [0.25, 0.3) is 11.4 Å². The molecular formula is C24H25F2N5O3. The Bertz CT molecular complexity index is 1200. The Balaban J connectivity index is 1.64. The van der Waals surface area contributed by atoms with Crippen molar-refractivity contribution in [2.75, 3.05) is 11.1 Å². The number of rotatable bonds is 4. The Morgan fingerprint density at radius 3 is 2.59 bits per heavy atom. The molecule has 0 aliphatic heterocycles. The highest BCUT2D eigenvalue weighted by Crippen LogP contribution is 2.43. The predicted molar refractivity (Wildman–Crippen MR) is 122 cm³/mol. The number of benzene rings is 1. The Morgan fingerprint density at radius 1 is 1.21 bits per heavy atom. The van der Waals surface area contributed by atoms with E-state index < -0.39 is 34.8 Å². The molecule has 34 heavy (non-hydrogen) atoms. The fourth-order valence-corrected chi connectivity index (χ4v) is 4.30. The van der Waals surface area contributed by atoms with Crippen LogP contribution in [-0.2, 0) is 0 Å². The summed E-state index contributed by atoms with van der Waals surface area (Å²) in [7, 11) is 0. The van der Waals surface area contributed by atoms with Crippen LogP contribution in [0.4, 0.5) is 20.2 Å². The molecule has 178 valence electrons. The first-order chi connectivity index (χ1) is 16.1. The van der Waals surface area contributed by atoms with Gasteiger partial charge < -0.3 is 21.3 Å². The third-order valence-electron chi connectivity index (χ3n) is 6.58. The SMILES string of the molecule is C[C@@H]1C[C@H](c2ccncc2NC(=O)c2nc(-c3c(F)cccc3F)ncc2N)C[C@H](O)[C@@]1(C)O. The number of hydrogen-bond acceptors (Lipinski definition) is 7. The van der Waals surface area contributed by atoms with E-state index in [1.54, 1.807) is 19.2 Å². The number of anilines is 2. The van der Waals surface area contributed by atoms with Crippen molar-refractivity contribution in [2.24, 2.45) is 5.92 Å². The molecular weight excluding hydrogens is 444 g/mol. The van der Waals surface area contributed by atoms with Crippen LogP contribution < -0.4 is 11.1 Å². The number of nitrogens with zero attached hydrogens (tertiary/aromatic N) is 3. The van der Waals surface area contributed by atoms with Crippen molar-refractivity contribution in [3.05, 3.63) is 65.7 Å². The molecule has 1 fully saturated rings. The van der Waals surface area contributed by atoms with E-state index in [0.29, 0.717) is 18.5 Å². The maximum atomic E-state index is 14.2. The molecule has 2 heterocycles. The highest BCUT2D eigenvalue weighted by Gasteiger charge is 2.43. The van der Waals surface area contributed by atoms with Gasteiger partial charge in [-0.1, -0.05) is 13.0 Å². The van der Waals surface area contributed by atoms with Gasteiger partial charge in [-0.05, 0) is 55.4 Å². The first-order valence-electron chi connectivity index (χ1n) is 10.8. The lowest BCUT2D eigenvalue weighted by molar-refractivity contribution is -0.123. The van der Waals surface area contributed by atoms with Gasteiger partial charge in [0.2, 0.25) is 0 Å². The van der Waals surface area contributed by atoms with E-state index in [2.05, 4.69) is 20.3 Å². The molecule has 2 aromatic heterocycles. The number of amides is 1. The number of aromatic nitrogens is 3. The number of aliphatic hydroxyl groups is 2. The molecule has 3 aromatic rings. The molecule has 0 unspecified atom stereocenters. The van der Waals surface area contributed by atoms with E-state index in [0.717, 1.165) is 23.9 Å². The minimum atomic E-state index is -1.21. The monoisotopic (exact) mass is 469 g/mol. The quantitative estimate of drug-likeness (QED) is 0.461. The van der Waals surface area contributed by atoms with Crippen molar-refractivity contribution >= 4 is 17.3 Å². The molecule has 0 bridgehead atoms. The zero-order valence-electron chi connectivity index (χ0n) is 18.7. The molecule has 1 saturated carbocycles. The van der Waals surface area contributed by atoms with E-state index in [1.807, 2.05) is 6.92 Å². The third kappa shape index (κ3) is 4.34. The Labute approximate surface area is 194 Å². The molecule has 4 atom stereocenters. The first-order valence-corrected chi connectivity index (χ1v) is 10.8. The van der Waals surface area contributed by atoms with Gasteiger partial charge in [0.05, 0.1) is 41.0 Å². The van der Waals surface area contributed by atoms with Gasteiger partial charge >= 0.3 is 0 Å². The molecule has 0 saturated heterocycles. The molecule has 1 aliphatic rings. The number of nitrogens with one attached hydrogen (secondary N) is 1. The highest BCUT2D eigenvalue weighted by molar-refractivity contribution is 6.06. The van der Waals surface area contributed by atoms with Crippen molar-refractivity contribution in [1.29, 1.82) is 0 Å². The van der Waals surface area contributed by atoms with Gasteiger partial charge in [-0.15, -0.1) is 0 Å². The van der Waals surface area contributed by atoms with Crippen LogP contribution in [0.5, 0.6) is 0 Å². The number of halogens is 2. The van der Waals surface area contributed by atoms with Gasteiger partial charge in [-0.25, -0.2) is 18.7 Å². The second kappa shape index (κ2) is 9.03. The van der Waals surface area contributed by atoms with Gasteiger partial charge in [0.15, 0.2) is 11.5 Å². The summed E-state index contributed by atoms with van der Waals surface area (Å²) < 4.78 is 28.4. The third-order valence-corrected chi connectivity index (χ3v) is 6.58. The minimum absolute atomic E-state index is 0.0683. The van der Waals surface area contributed by atoms with Crippen LogP contribution >= 0.6 is 0 Å². The van der Waals surface area contributed by atoms with E-state index in [4.69, 9.17) is 5.73 Å². The Morgan fingerprint density at radius 2 is 1.91 bits per heavy atom. The number of nitrogens with two attached hydrogens (primary N) is 1. The van der Waals surface area contributed by atoms with Crippen LogP contribution in [0.3, 0.4) is 0 Å². The summed E-state index contributed by atoms with van der Waals surface area (Å²) >= 11 is 0. The smallest absolute Gasteiger partial charge is 0.276 e. The lowest BCUT2D eigenvalue weighted by Crippen LogP contribution is -2.49. The first kappa shape index (κ1) is 23.7. The van der Waals surface area contributed by atoms with Crippen LogP contribution in [0.1, 0.15) is 48.7 Å². The number of aliphatic hydroxyl groups excluding tert-OH is 1. The number of carbonyl (C=O) groups is 1. The zero-order chi connectivity index (χ0) is 24.6. The largest absolute Gasteiger partial charge is 0.396 e. The second-order valence-electron chi connectivity index (χ2n) is 8.82. The second-order valence-corrected chi connectivity index (χ2v) is 8.82. The maximum Gasteiger partial charge on any atom is 0.276 e. The van der Waals surface area contributed by atoms with E-state index in [-0.39, 0.29) is 29.0 Å². The van der Waals surface area contributed by atoms with Crippen LogP contribution in [0.2, 0.25) is 0 Å². The van der Waals surface area contributed by atoms with Crippen molar-refractivity contribution in [1.82, 2.24) is 15.0 Å². The Hall–Kier alpha value is -3.50. The van der Waals surface area contributed by atoms with Crippen LogP contribution in [0, 0.1) is 17.6 Å². The van der Waals surface area contributed by atoms with Crippen molar-refractivity contribution in [2.45, 2.75) is 44.3 Å². The highest BCUT2D eigenvalue weighted by atomic mass is 19.1. The van der Waals surface area contributed by atoms with Gasteiger partial charge in [0.1, 0.15) is 11.6 Å². The Kier molecular flexibility index (Phi) is 6.28. The molecule has 8 nitrogen and oxygen atoms in total. The van der Waals surface area contributed by atoms with Crippen molar-refractivity contribution in [3.8, 4) is 11.4 Å². The molecule has 1 aliphatic carbocycles. The fraction of sp³-hybridized carbons (Fsp3) is 0.333. The van der Waals surface area contributed by atoms with Crippen LogP contribution in [0.15, 0.2) is 42.9 Å². The van der Waals surface area contributed by atoms with Crippen molar-refractivity contribution in [3.63, 3.8) is 0 Å². The molecule has 1 amide bonds. The molecule has 1 aromatic carbocycles. The van der Waals surface area contributed by atoms with Gasteiger partial charge in [-0.3, -0.25) is 9.78 Å². The molecule has 4 rings (SSSR count). The van der Waals surface area contributed by atoms with Crippen LogP contribution in [-0.4, -0.2) is 42.8 Å². The van der Waals surface area contributed by atoms with Gasteiger partial charge in [0, 0.05) is 6.20 Å². The van der Waals surface area contributed by atoms with E-state index in [1.165, 1.54) is 12.3 Å². The molecule has 10 heteroatoms. The number of hydrogen-bond donors (Lipinski definition) is 4. The summed E-state index contributed by atoms with van der Waals surface area (Å²) in [6.07, 6.45) is 4.11. The number of carbonyl (C=O) groups excluding carboxylic acids is 1. The summed E-state index contributed by atoms with van der Waals surface area (Å²) in [5, 5.41) is 23.7. The lowest BCUT2D eigenvalue weighted by atomic mass is 9.69. The molecule has 5 N–H and O–H groups in total. The molecule has 0 spiro atoms. The summed E-state index contributed by atoms with van der Waals surface area (Å²) in [6.45, 7) is 3.47. The standard InChI is InChI=1S/C24H25F2N5O3/c1-12-8-13(9-19(32)24(12,2)34)14-6-7-28-11-18(14)30-23(33)21-17(27)10-29-22(31-21)20-15(25)4-3-5-16(20)26/h3-7,10-13,19,32,34H,8-9,27H2,1-2H3,(H,30,33)/t12-,13+,19+,24+/m1/s1. The summed E-state index contributed by atoms with van der Waals surface area (Å²) in [6, 6.07) is 5.09. The summed E-state index contributed by atoms with van der Waals surface area (Å²) in [5.74, 6) is -3.09. The van der Waals surface area contributed by atoms with Gasteiger partial charge in [0.25, 0.3) is 5.91 Å². The maximum absolute atomic E-state index is 14.2. The number of nitrogen functional groups attached to an aromatic ring is 1. The predicted octanol–water partition coefficient (Wildman–Crippen LogP) is 3.28. The topological polar surface area (TPSA) is 134 Å². The molecule has 0 radical (unpaired) electrons. The normalized spacial score (nSPS) is 24.6. The van der Waals surface area contributed by atoms with E-state index >= 15 is 0 Å². The summed E-state index contributed by atoms with van der Waals surface area (Å²) in [5.41, 5.74) is 5.03. The average molecular weight is 469 g/mol. The van der Waals surface area contributed by atoms with Gasteiger partial charge in [-0.2, -0.15) is 0 Å².